The Morgan fingerprint density at radius 1 is 1.26 bits per heavy atom. The predicted molar refractivity (Wildman–Crippen MR) is 73.2 cm³/mol. The van der Waals surface area contributed by atoms with Gasteiger partial charge in [-0.1, -0.05) is 0 Å². The largest absolute Gasteiger partial charge is 0.397 e. The lowest BCUT2D eigenvalue weighted by Crippen LogP contribution is -2.27. The lowest BCUT2D eigenvalue weighted by Gasteiger charge is -2.20. The van der Waals surface area contributed by atoms with Gasteiger partial charge in [0.1, 0.15) is 12.2 Å². The Morgan fingerprint density at radius 2 is 1.84 bits per heavy atom. The van der Waals surface area contributed by atoms with Crippen molar-refractivity contribution >= 4 is 17.3 Å². The minimum atomic E-state index is -0.466. The average molecular weight is 265 g/mol. The van der Waals surface area contributed by atoms with Gasteiger partial charge in [-0.3, -0.25) is 4.79 Å². The van der Waals surface area contributed by atoms with Gasteiger partial charge in [0.2, 0.25) is 5.91 Å². The minimum Gasteiger partial charge on any atom is -0.397 e. The number of carbonyl (C=O) groups is 1. The minimum absolute atomic E-state index is 0.0124. The molecule has 0 aromatic heterocycles. The number of primary amides is 1. The summed E-state index contributed by atoms with van der Waals surface area (Å²) < 4.78 is 10.8. The highest BCUT2D eigenvalue weighted by atomic mass is 16.5. The number of hydrogen-bond donors (Lipinski definition) is 2. The second kappa shape index (κ2) is 5.46. The highest BCUT2D eigenvalue weighted by molar-refractivity contribution is 5.95. The molecule has 1 heterocycles. The van der Waals surface area contributed by atoms with Crippen LogP contribution >= 0.6 is 0 Å². The van der Waals surface area contributed by atoms with E-state index < -0.39 is 5.91 Å². The summed E-state index contributed by atoms with van der Waals surface area (Å²) in [6.07, 6.45) is -0.0248. The van der Waals surface area contributed by atoms with E-state index in [1.54, 1.807) is 32.4 Å². The lowest BCUT2D eigenvalue weighted by molar-refractivity contribution is -0.00461. The Balaban J connectivity index is 2.27. The molecule has 1 aromatic rings. The fourth-order valence-electron chi connectivity index (χ4n) is 2.36. The quantitative estimate of drug-likeness (QED) is 0.760. The molecule has 1 fully saturated rings. The van der Waals surface area contributed by atoms with Crippen molar-refractivity contribution in [3.63, 3.8) is 0 Å². The van der Waals surface area contributed by atoms with Gasteiger partial charge in [-0.25, -0.2) is 0 Å². The van der Waals surface area contributed by atoms with Gasteiger partial charge in [0.15, 0.2) is 0 Å². The third-order valence-electron chi connectivity index (χ3n) is 3.48. The summed E-state index contributed by atoms with van der Waals surface area (Å²) >= 11 is 0. The Kier molecular flexibility index (Phi) is 3.92. The van der Waals surface area contributed by atoms with Crippen LogP contribution in [0.1, 0.15) is 10.4 Å². The van der Waals surface area contributed by atoms with Gasteiger partial charge < -0.3 is 25.8 Å². The van der Waals surface area contributed by atoms with Crippen molar-refractivity contribution in [3.8, 4) is 0 Å². The van der Waals surface area contributed by atoms with Gasteiger partial charge in [0, 0.05) is 32.9 Å². The van der Waals surface area contributed by atoms with Crippen LogP contribution in [0.25, 0.3) is 0 Å². The van der Waals surface area contributed by atoms with Crippen LogP contribution in [0, 0.1) is 0 Å². The van der Waals surface area contributed by atoms with Crippen LogP contribution in [0.4, 0.5) is 11.4 Å². The third kappa shape index (κ3) is 2.64. The van der Waals surface area contributed by atoms with Crippen molar-refractivity contribution < 1.29 is 14.3 Å². The van der Waals surface area contributed by atoms with E-state index in [1.807, 2.05) is 4.90 Å². The van der Waals surface area contributed by atoms with E-state index in [0.29, 0.717) is 24.3 Å². The van der Waals surface area contributed by atoms with Crippen molar-refractivity contribution in [1.29, 1.82) is 0 Å². The molecule has 6 heteroatoms. The first-order valence-electron chi connectivity index (χ1n) is 6.06. The van der Waals surface area contributed by atoms with Crippen molar-refractivity contribution in [2.24, 2.45) is 5.73 Å². The third-order valence-corrected chi connectivity index (χ3v) is 3.48. The van der Waals surface area contributed by atoms with E-state index >= 15 is 0 Å². The van der Waals surface area contributed by atoms with Crippen LogP contribution < -0.4 is 16.4 Å². The van der Waals surface area contributed by atoms with E-state index in [-0.39, 0.29) is 12.2 Å². The molecular formula is C13H19N3O3. The number of rotatable bonds is 4. The Morgan fingerprint density at radius 3 is 2.32 bits per heavy atom. The number of nitrogens with two attached hydrogens (primary N) is 2. The van der Waals surface area contributed by atoms with E-state index in [0.717, 1.165) is 5.69 Å². The first kappa shape index (κ1) is 13.6. The maximum atomic E-state index is 11.2. The van der Waals surface area contributed by atoms with Gasteiger partial charge >= 0.3 is 0 Å². The molecular weight excluding hydrogens is 246 g/mol. The van der Waals surface area contributed by atoms with E-state index in [1.165, 1.54) is 0 Å². The van der Waals surface area contributed by atoms with Crippen molar-refractivity contribution in [2.75, 3.05) is 37.9 Å². The fraction of sp³-hybridized carbons (Fsp3) is 0.462. The topological polar surface area (TPSA) is 90.8 Å². The molecule has 1 amide bonds. The Bertz CT molecular complexity index is 466. The first-order chi connectivity index (χ1) is 9.06. The molecule has 1 aromatic carbocycles. The summed E-state index contributed by atoms with van der Waals surface area (Å²) in [4.78, 5) is 13.3. The number of benzene rings is 1. The highest BCUT2D eigenvalue weighted by Gasteiger charge is 2.33. The molecule has 6 nitrogen and oxygen atoms in total. The van der Waals surface area contributed by atoms with Crippen LogP contribution in [0.5, 0.6) is 0 Å². The van der Waals surface area contributed by atoms with Crippen molar-refractivity contribution in [1.82, 2.24) is 0 Å². The smallest absolute Gasteiger partial charge is 0.248 e. The SMILES string of the molecule is COC1CN(c2cc(C(N)=O)ccc2N)CC1OC. The van der Waals surface area contributed by atoms with Gasteiger partial charge in [0.25, 0.3) is 0 Å². The number of hydrogen-bond acceptors (Lipinski definition) is 5. The van der Waals surface area contributed by atoms with Crippen molar-refractivity contribution in [3.05, 3.63) is 23.8 Å². The summed E-state index contributed by atoms with van der Waals surface area (Å²) in [5, 5.41) is 0. The summed E-state index contributed by atoms with van der Waals surface area (Å²) in [5.74, 6) is -0.466. The van der Waals surface area contributed by atoms with E-state index in [9.17, 15) is 4.79 Å². The van der Waals surface area contributed by atoms with Crippen molar-refractivity contribution in [2.45, 2.75) is 12.2 Å². The van der Waals surface area contributed by atoms with Crippen LogP contribution in [-0.4, -0.2) is 45.4 Å². The maximum Gasteiger partial charge on any atom is 0.248 e. The van der Waals surface area contributed by atoms with Gasteiger partial charge in [0.05, 0.1) is 11.4 Å². The van der Waals surface area contributed by atoms with E-state index in [2.05, 4.69) is 0 Å². The molecule has 0 spiro atoms. The molecule has 2 unspecified atom stereocenters. The van der Waals surface area contributed by atoms with Crippen LogP contribution in [-0.2, 0) is 9.47 Å². The number of methoxy groups -OCH3 is 2. The molecule has 2 atom stereocenters. The molecule has 0 saturated carbocycles. The monoisotopic (exact) mass is 265 g/mol. The first-order valence-corrected chi connectivity index (χ1v) is 6.06. The molecule has 1 aliphatic heterocycles. The van der Waals surface area contributed by atoms with Crippen LogP contribution in [0.15, 0.2) is 18.2 Å². The number of amides is 1. The van der Waals surface area contributed by atoms with Gasteiger partial charge in [-0.15, -0.1) is 0 Å². The zero-order chi connectivity index (χ0) is 14.0. The number of nitrogens with zero attached hydrogens (tertiary/aromatic N) is 1. The number of anilines is 2. The zero-order valence-electron chi connectivity index (χ0n) is 11.1. The highest BCUT2D eigenvalue weighted by Crippen LogP contribution is 2.29. The Hall–Kier alpha value is -1.79. The second-order valence-electron chi connectivity index (χ2n) is 4.59. The van der Waals surface area contributed by atoms with E-state index in [4.69, 9.17) is 20.9 Å². The summed E-state index contributed by atoms with van der Waals surface area (Å²) in [7, 11) is 3.31. The van der Waals surface area contributed by atoms with Crippen LogP contribution in [0.3, 0.4) is 0 Å². The number of carbonyl (C=O) groups excluding carboxylic acids is 1. The molecule has 0 bridgehead atoms. The second-order valence-corrected chi connectivity index (χ2v) is 4.59. The average Bonchev–Trinajstić information content (AvgIpc) is 2.82. The van der Waals surface area contributed by atoms with Gasteiger partial charge in [-0.05, 0) is 18.2 Å². The molecule has 0 radical (unpaired) electrons. The Labute approximate surface area is 112 Å². The molecule has 4 N–H and O–H groups in total. The normalized spacial score (nSPS) is 22.7. The summed E-state index contributed by atoms with van der Waals surface area (Å²) in [6.45, 7) is 1.34. The molecule has 2 rings (SSSR count). The standard InChI is InChI=1S/C13H19N3O3/c1-18-11-6-16(7-12(11)19-2)10-5-8(13(15)17)3-4-9(10)14/h3-5,11-12H,6-7,14H2,1-2H3,(H2,15,17). The van der Waals surface area contributed by atoms with Gasteiger partial charge in [-0.2, -0.15) is 0 Å². The van der Waals surface area contributed by atoms with Crippen LogP contribution in [0.2, 0.25) is 0 Å². The number of nitrogen functional groups attached to an aromatic ring is 1. The lowest BCUT2D eigenvalue weighted by atomic mass is 10.1. The zero-order valence-corrected chi connectivity index (χ0v) is 11.1. The predicted octanol–water partition coefficient (Wildman–Crippen LogP) is 0.218. The molecule has 1 saturated heterocycles. The molecule has 1 aliphatic rings. The molecule has 19 heavy (non-hydrogen) atoms. The number of ether oxygens (including phenoxy) is 2. The summed E-state index contributed by atoms with van der Waals surface area (Å²) in [5.41, 5.74) is 13.1. The maximum absolute atomic E-state index is 11.2. The summed E-state index contributed by atoms with van der Waals surface area (Å²) in [6, 6.07) is 5.03. The molecule has 0 aliphatic carbocycles. The fourth-order valence-corrected chi connectivity index (χ4v) is 2.36. The molecule has 104 valence electrons.